The number of nitrogen functional groups attached to an aromatic ring is 1. The fourth-order valence-corrected chi connectivity index (χ4v) is 2.13. The minimum atomic E-state index is 0.277. The highest BCUT2D eigenvalue weighted by molar-refractivity contribution is 5.95. The molecule has 2 heteroatoms. The van der Waals surface area contributed by atoms with Crippen molar-refractivity contribution in [2.45, 2.75) is 0 Å². The number of hydrogen-bond donors (Lipinski definition) is 2. The van der Waals surface area contributed by atoms with Crippen molar-refractivity contribution in [1.82, 2.24) is 0 Å². The standard InChI is InChI=1S/C16H13NO/c17-16-3-1-2-12-4-5-13(10-15(12)16)11-6-8-14(18)9-7-11/h1-10,18H,17H2. The molecule has 0 amide bonds. The summed E-state index contributed by atoms with van der Waals surface area (Å²) in [6.45, 7) is 0. The molecule has 88 valence electrons. The Morgan fingerprint density at radius 1 is 0.778 bits per heavy atom. The van der Waals surface area contributed by atoms with Crippen LogP contribution in [0.2, 0.25) is 0 Å². The number of fused-ring (bicyclic) bond motifs is 1. The molecule has 0 unspecified atom stereocenters. The van der Waals surface area contributed by atoms with E-state index >= 15 is 0 Å². The van der Waals surface area contributed by atoms with E-state index in [-0.39, 0.29) is 5.75 Å². The van der Waals surface area contributed by atoms with E-state index in [1.54, 1.807) is 12.1 Å². The van der Waals surface area contributed by atoms with E-state index in [4.69, 9.17) is 5.73 Å². The van der Waals surface area contributed by atoms with Crippen molar-refractivity contribution >= 4 is 16.5 Å². The summed E-state index contributed by atoms with van der Waals surface area (Å²) in [5.41, 5.74) is 8.94. The molecule has 0 aliphatic heterocycles. The molecule has 0 aliphatic carbocycles. The number of phenolic OH excluding ortho intramolecular Hbond substituents is 1. The molecule has 0 radical (unpaired) electrons. The third-order valence-corrected chi connectivity index (χ3v) is 3.12. The third kappa shape index (κ3) is 1.78. The van der Waals surface area contributed by atoms with Crippen LogP contribution in [0.15, 0.2) is 60.7 Å². The van der Waals surface area contributed by atoms with Crippen LogP contribution in [-0.2, 0) is 0 Å². The highest BCUT2D eigenvalue weighted by atomic mass is 16.3. The van der Waals surface area contributed by atoms with Gasteiger partial charge in [-0.25, -0.2) is 0 Å². The van der Waals surface area contributed by atoms with Gasteiger partial charge in [0.15, 0.2) is 0 Å². The lowest BCUT2D eigenvalue weighted by molar-refractivity contribution is 0.475. The van der Waals surface area contributed by atoms with Crippen LogP contribution in [0.4, 0.5) is 5.69 Å². The number of hydrogen-bond acceptors (Lipinski definition) is 2. The van der Waals surface area contributed by atoms with Gasteiger partial charge in [0, 0.05) is 11.1 Å². The van der Waals surface area contributed by atoms with E-state index in [9.17, 15) is 5.11 Å². The van der Waals surface area contributed by atoms with Gasteiger partial charge in [0.2, 0.25) is 0 Å². The van der Waals surface area contributed by atoms with Gasteiger partial charge in [0.05, 0.1) is 0 Å². The molecule has 0 heterocycles. The van der Waals surface area contributed by atoms with Gasteiger partial charge in [0.25, 0.3) is 0 Å². The molecule has 0 aliphatic rings. The Labute approximate surface area is 105 Å². The Balaban J connectivity index is 2.18. The predicted molar refractivity (Wildman–Crippen MR) is 75.5 cm³/mol. The van der Waals surface area contributed by atoms with Crippen molar-refractivity contribution < 1.29 is 5.11 Å². The molecule has 2 nitrogen and oxygen atoms in total. The zero-order valence-corrected chi connectivity index (χ0v) is 9.80. The summed E-state index contributed by atoms with van der Waals surface area (Å²) in [6, 6.07) is 19.3. The summed E-state index contributed by atoms with van der Waals surface area (Å²) in [7, 11) is 0. The second-order valence-corrected chi connectivity index (χ2v) is 4.33. The fraction of sp³-hybridized carbons (Fsp3) is 0. The molecule has 3 rings (SSSR count). The summed E-state index contributed by atoms with van der Waals surface area (Å²) < 4.78 is 0. The van der Waals surface area contributed by atoms with E-state index in [1.165, 1.54) is 0 Å². The van der Waals surface area contributed by atoms with Gasteiger partial charge in [-0.05, 0) is 40.8 Å². The summed E-state index contributed by atoms with van der Waals surface area (Å²) in [6.07, 6.45) is 0. The zero-order chi connectivity index (χ0) is 12.5. The van der Waals surface area contributed by atoms with E-state index in [0.717, 1.165) is 27.6 Å². The first-order valence-corrected chi connectivity index (χ1v) is 5.82. The first-order chi connectivity index (χ1) is 8.74. The number of benzene rings is 3. The molecule has 0 aromatic heterocycles. The Morgan fingerprint density at radius 3 is 2.28 bits per heavy atom. The second kappa shape index (κ2) is 4.08. The zero-order valence-electron chi connectivity index (χ0n) is 9.80. The number of phenols is 1. The Kier molecular flexibility index (Phi) is 2.41. The fourth-order valence-electron chi connectivity index (χ4n) is 2.13. The normalized spacial score (nSPS) is 10.7. The van der Waals surface area contributed by atoms with Gasteiger partial charge < -0.3 is 10.8 Å². The predicted octanol–water partition coefficient (Wildman–Crippen LogP) is 3.79. The number of rotatable bonds is 1. The topological polar surface area (TPSA) is 46.2 Å². The second-order valence-electron chi connectivity index (χ2n) is 4.33. The first-order valence-electron chi connectivity index (χ1n) is 5.82. The van der Waals surface area contributed by atoms with Crippen molar-refractivity contribution in [2.24, 2.45) is 0 Å². The molecular formula is C16H13NO. The van der Waals surface area contributed by atoms with Crippen LogP contribution in [0, 0.1) is 0 Å². The van der Waals surface area contributed by atoms with Crippen LogP contribution in [0.1, 0.15) is 0 Å². The number of anilines is 1. The van der Waals surface area contributed by atoms with Crippen LogP contribution in [0.5, 0.6) is 5.75 Å². The maximum absolute atomic E-state index is 9.30. The molecule has 0 saturated heterocycles. The Morgan fingerprint density at radius 2 is 1.50 bits per heavy atom. The Bertz CT molecular complexity index is 702. The maximum Gasteiger partial charge on any atom is 0.115 e. The molecule has 0 atom stereocenters. The van der Waals surface area contributed by atoms with Crippen LogP contribution in [-0.4, -0.2) is 5.11 Å². The minimum Gasteiger partial charge on any atom is -0.508 e. The average molecular weight is 235 g/mol. The molecular weight excluding hydrogens is 222 g/mol. The molecule has 18 heavy (non-hydrogen) atoms. The molecule has 0 saturated carbocycles. The van der Waals surface area contributed by atoms with Crippen LogP contribution in [0.3, 0.4) is 0 Å². The lowest BCUT2D eigenvalue weighted by Gasteiger charge is -2.06. The van der Waals surface area contributed by atoms with E-state index < -0.39 is 0 Å². The molecule has 3 N–H and O–H groups in total. The summed E-state index contributed by atoms with van der Waals surface area (Å²) >= 11 is 0. The SMILES string of the molecule is Nc1cccc2ccc(-c3ccc(O)cc3)cc12. The van der Waals surface area contributed by atoms with Crippen molar-refractivity contribution in [3.05, 3.63) is 60.7 Å². The highest BCUT2D eigenvalue weighted by Crippen LogP contribution is 2.28. The van der Waals surface area contributed by atoms with Crippen molar-refractivity contribution in [3.8, 4) is 16.9 Å². The first kappa shape index (κ1) is 10.7. The summed E-state index contributed by atoms with van der Waals surface area (Å²) in [4.78, 5) is 0. The highest BCUT2D eigenvalue weighted by Gasteiger charge is 2.02. The lowest BCUT2D eigenvalue weighted by atomic mass is 10.0. The minimum absolute atomic E-state index is 0.277. The van der Waals surface area contributed by atoms with Crippen LogP contribution < -0.4 is 5.73 Å². The monoisotopic (exact) mass is 235 g/mol. The van der Waals surface area contributed by atoms with Crippen LogP contribution >= 0.6 is 0 Å². The number of aromatic hydroxyl groups is 1. The molecule has 0 bridgehead atoms. The van der Waals surface area contributed by atoms with Crippen molar-refractivity contribution in [3.63, 3.8) is 0 Å². The number of nitrogens with two attached hydrogens (primary N) is 1. The van der Waals surface area contributed by atoms with Gasteiger partial charge in [-0.15, -0.1) is 0 Å². The third-order valence-electron chi connectivity index (χ3n) is 3.12. The van der Waals surface area contributed by atoms with E-state index in [0.29, 0.717) is 0 Å². The molecule has 0 fully saturated rings. The summed E-state index contributed by atoms with van der Waals surface area (Å²) in [5.74, 6) is 0.277. The molecule has 3 aromatic carbocycles. The van der Waals surface area contributed by atoms with Crippen molar-refractivity contribution in [1.29, 1.82) is 0 Å². The van der Waals surface area contributed by atoms with Gasteiger partial charge in [-0.3, -0.25) is 0 Å². The van der Waals surface area contributed by atoms with E-state index in [2.05, 4.69) is 18.2 Å². The van der Waals surface area contributed by atoms with Gasteiger partial charge in [-0.1, -0.05) is 36.4 Å². The van der Waals surface area contributed by atoms with Gasteiger partial charge in [0.1, 0.15) is 5.75 Å². The lowest BCUT2D eigenvalue weighted by Crippen LogP contribution is -1.87. The summed E-state index contributed by atoms with van der Waals surface area (Å²) in [5, 5.41) is 11.5. The quantitative estimate of drug-likeness (QED) is 0.630. The van der Waals surface area contributed by atoms with Gasteiger partial charge in [-0.2, -0.15) is 0 Å². The maximum atomic E-state index is 9.30. The smallest absolute Gasteiger partial charge is 0.115 e. The van der Waals surface area contributed by atoms with E-state index in [1.807, 2.05) is 30.3 Å². The van der Waals surface area contributed by atoms with Crippen molar-refractivity contribution in [2.75, 3.05) is 5.73 Å². The Hall–Kier alpha value is -2.48. The molecule has 3 aromatic rings. The largest absolute Gasteiger partial charge is 0.508 e. The molecule has 0 spiro atoms. The average Bonchev–Trinajstić information content (AvgIpc) is 2.40. The van der Waals surface area contributed by atoms with Gasteiger partial charge >= 0.3 is 0 Å². The van der Waals surface area contributed by atoms with Crippen LogP contribution in [0.25, 0.3) is 21.9 Å².